The number of hydrogen-bond donors (Lipinski definition) is 0. The second-order valence-electron chi connectivity index (χ2n) is 4.42. The first-order valence-corrected chi connectivity index (χ1v) is 4.66. The maximum Gasteiger partial charge on any atom is 0.144 e. The second-order valence-corrected chi connectivity index (χ2v) is 4.42. The summed E-state index contributed by atoms with van der Waals surface area (Å²) < 4.78 is 0. The van der Waals surface area contributed by atoms with Crippen LogP contribution in [0.3, 0.4) is 0 Å². The van der Waals surface area contributed by atoms with Gasteiger partial charge in [-0.15, -0.1) is 0 Å². The van der Waals surface area contributed by atoms with Crippen molar-refractivity contribution in [3.05, 3.63) is 24.3 Å². The van der Waals surface area contributed by atoms with E-state index in [0.717, 1.165) is 5.57 Å². The number of allylic oxidation sites excluding steroid dienone is 3. The van der Waals surface area contributed by atoms with Crippen molar-refractivity contribution in [2.24, 2.45) is 11.3 Å². The molecule has 0 amide bonds. The molecule has 0 aromatic heterocycles. The third-order valence-corrected chi connectivity index (χ3v) is 1.94. The average molecular weight is 180 g/mol. The molecule has 0 heterocycles. The second kappa shape index (κ2) is 4.40. The lowest BCUT2D eigenvalue weighted by Gasteiger charge is -2.20. The molecule has 0 aromatic carbocycles. The molecule has 0 atom stereocenters. The van der Waals surface area contributed by atoms with E-state index >= 15 is 0 Å². The van der Waals surface area contributed by atoms with E-state index in [9.17, 15) is 4.79 Å². The predicted octanol–water partition coefficient (Wildman–Crippen LogP) is 3.37. The predicted molar refractivity (Wildman–Crippen MR) is 57.6 cm³/mol. The van der Waals surface area contributed by atoms with Crippen LogP contribution in [0.4, 0.5) is 0 Å². The molecule has 0 bridgehead atoms. The molecule has 0 unspecified atom stereocenters. The Balaban J connectivity index is 4.57. The van der Waals surface area contributed by atoms with Gasteiger partial charge in [0.1, 0.15) is 5.78 Å². The molecule has 0 saturated carbocycles. The first-order valence-electron chi connectivity index (χ1n) is 4.66. The number of ketones is 1. The van der Waals surface area contributed by atoms with Gasteiger partial charge in [0.05, 0.1) is 0 Å². The van der Waals surface area contributed by atoms with Crippen LogP contribution in [0.15, 0.2) is 24.3 Å². The fraction of sp³-hybridized carbons (Fsp3) is 0.583. The van der Waals surface area contributed by atoms with Crippen molar-refractivity contribution < 1.29 is 4.79 Å². The highest BCUT2D eigenvalue weighted by Crippen LogP contribution is 2.23. The van der Waals surface area contributed by atoms with Gasteiger partial charge < -0.3 is 0 Å². The molecule has 0 aliphatic carbocycles. The van der Waals surface area contributed by atoms with Gasteiger partial charge in [-0.1, -0.05) is 38.2 Å². The van der Waals surface area contributed by atoms with Crippen LogP contribution < -0.4 is 0 Å². The molecule has 74 valence electrons. The lowest BCUT2D eigenvalue weighted by atomic mass is 9.82. The molecule has 0 aliphatic heterocycles. The molecule has 0 spiro atoms. The molecule has 0 aliphatic rings. The summed E-state index contributed by atoms with van der Waals surface area (Å²) in [6, 6.07) is 0. The monoisotopic (exact) mass is 180 g/mol. The minimum Gasteiger partial charge on any atom is -0.298 e. The summed E-state index contributed by atoms with van der Waals surface area (Å²) in [4.78, 5) is 11.7. The lowest BCUT2D eigenvalue weighted by Crippen LogP contribution is -2.26. The Labute approximate surface area is 81.5 Å². The standard InChI is InChI=1S/C12H20O/c1-9(2)7-8-12(5,6)11(13)10(3)4/h7-8,10H,1H2,2-6H3/b8-7-. The highest BCUT2D eigenvalue weighted by Gasteiger charge is 2.26. The Morgan fingerprint density at radius 3 is 2.15 bits per heavy atom. The maximum atomic E-state index is 11.7. The average Bonchev–Trinajstić information content (AvgIpc) is 1.99. The fourth-order valence-corrected chi connectivity index (χ4v) is 1.18. The van der Waals surface area contributed by atoms with E-state index in [1.54, 1.807) is 0 Å². The summed E-state index contributed by atoms with van der Waals surface area (Å²) in [7, 11) is 0. The third-order valence-electron chi connectivity index (χ3n) is 1.94. The largest absolute Gasteiger partial charge is 0.298 e. The molecule has 0 saturated heterocycles. The van der Waals surface area contributed by atoms with Gasteiger partial charge in [0.15, 0.2) is 0 Å². The van der Waals surface area contributed by atoms with E-state index < -0.39 is 0 Å². The summed E-state index contributed by atoms with van der Waals surface area (Å²) in [5.74, 6) is 0.356. The van der Waals surface area contributed by atoms with E-state index in [4.69, 9.17) is 0 Å². The molecule has 0 rings (SSSR count). The topological polar surface area (TPSA) is 17.1 Å². The molecule has 13 heavy (non-hydrogen) atoms. The van der Waals surface area contributed by atoms with Crippen LogP contribution in [-0.2, 0) is 4.79 Å². The highest BCUT2D eigenvalue weighted by atomic mass is 16.1. The zero-order valence-electron chi connectivity index (χ0n) is 9.35. The molecule has 0 N–H and O–H groups in total. The number of Topliss-reactive ketones (excluding diaryl/α,β-unsaturated/α-hetero) is 1. The number of carbonyl (C=O) groups excluding carboxylic acids is 1. The number of rotatable bonds is 4. The van der Waals surface area contributed by atoms with Gasteiger partial charge in [-0.3, -0.25) is 4.79 Å². The number of carbonyl (C=O) groups is 1. The summed E-state index contributed by atoms with van der Waals surface area (Å²) in [5, 5.41) is 0. The van der Waals surface area contributed by atoms with Crippen LogP contribution in [0.5, 0.6) is 0 Å². The van der Waals surface area contributed by atoms with E-state index in [1.165, 1.54) is 0 Å². The van der Waals surface area contributed by atoms with Crippen LogP contribution in [0, 0.1) is 11.3 Å². The summed E-state index contributed by atoms with van der Waals surface area (Å²) in [6.45, 7) is 13.4. The Morgan fingerprint density at radius 1 is 1.38 bits per heavy atom. The Morgan fingerprint density at radius 2 is 1.85 bits per heavy atom. The Kier molecular flexibility index (Phi) is 4.12. The van der Waals surface area contributed by atoms with Gasteiger partial charge in [0, 0.05) is 11.3 Å². The summed E-state index contributed by atoms with van der Waals surface area (Å²) in [6.07, 6.45) is 3.83. The summed E-state index contributed by atoms with van der Waals surface area (Å²) >= 11 is 0. The molecule has 1 heteroatoms. The molecule has 0 aromatic rings. The quantitative estimate of drug-likeness (QED) is 0.606. The summed E-state index contributed by atoms with van der Waals surface area (Å²) in [5.41, 5.74) is 0.609. The molecule has 0 radical (unpaired) electrons. The van der Waals surface area contributed by atoms with Crippen molar-refractivity contribution >= 4 is 5.78 Å². The van der Waals surface area contributed by atoms with Crippen LogP contribution in [-0.4, -0.2) is 5.78 Å². The minimum atomic E-state index is -0.368. The van der Waals surface area contributed by atoms with Crippen molar-refractivity contribution in [1.82, 2.24) is 0 Å². The van der Waals surface area contributed by atoms with E-state index in [0.29, 0.717) is 0 Å². The van der Waals surface area contributed by atoms with Crippen LogP contribution in [0.2, 0.25) is 0 Å². The number of hydrogen-bond acceptors (Lipinski definition) is 1. The first-order chi connectivity index (χ1) is 5.77. The highest BCUT2D eigenvalue weighted by molar-refractivity contribution is 5.87. The van der Waals surface area contributed by atoms with Gasteiger partial charge in [0.25, 0.3) is 0 Å². The first kappa shape index (κ1) is 12.2. The Bertz CT molecular complexity index is 232. The van der Waals surface area contributed by atoms with Gasteiger partial charge >= 0.3 is 0 Å². The smallest absolute Gasteiger partial charge is 0.144 e. The zero-order chi connectivity index (χ0) is 10.6. The van der Waals surface area contributed by atoms with Crippen molar-refractivity contribution in [2.75, 3.05) is 0 Å². The van der Waals surface area contributed by atoms with Crippen molar-refractivity contribution in [3.8, 4) is 0 Å². The van der Waals surface area contributed by atoms with Gasteiger partial charge in [-0.05, 0) is 20.8 Å². The maximum absolute atomic E-state index is 11.7. The van der Waals surface area contributed by atoms with Gasteiger partial charge in [-0.25, -0.2) is 0 Å². The van der Waals surface area contributed by atoms with Crippen molar-refractivity contribution in [2.45, 2.75) is 34.6 Å². The van der Waals surface area contributed by atoms with Crippen LogP contribution >= 0.6 is 0 Å². The van der Waals surface area contributed by atoms with E-state index in [1.807, 2.05) is 46.8 Å². The third kappa shape index (κ3) is 4.07. The molecule has 1 nitrogen and oxygen atoms in total. The van der Waals surface area contributed by atoms with Gasteiger partial charge in [-0.2, -0.15) is 0 Å². The van der Waals surface area contributed by atoms with Crippen molar-refractivity contribution in [1.29, 1.82) is 0 Å². The van der Waals surface area contributed by atoms with E-state index in [-0.39, 0.29) is 17.1 Å². The van der Waals surface area contributed by atoms with Crippen molar-refractivity contribution in [3.63, 3.8) is 0 Å². The normalized spacial score (nSPS) is 12.5. The van der Waals surface area contributed by atoms with Gasteiger partial charge in [0.2, 0.25) is 0 Å². The Hall–Kier alpha value is -0.850. The molecular weight excluding hydrogens is 160 g/mol. The molecular formula is C12H20O. The molecule has 0 fully saturated rings. The van der Waals surface area contributed by atoms with E-state index in [2.05, 4.69) is 6.58 Å². The fourth-order valence-electron chi connectivity index (χ4n) is 1.18. The zero-order valence-corrected chi connectivity index (χ0v) is 9.35. The van der Waals surface area contributed by atoms with Crippen LogP contribution in [0.25, 0.3) is 0 Å². The van der Waals surface area contributed by atoms with Crippen LogP contribution in [0.1, 0.15) is 34.6 Å². The minimum absolute atomic E-state index is 0.0878. The lowest BCUT2D eigenvalue weighted by molar-refractivity contribution is -0.127. The SMILES string of the molecule is C=C(C)/C=C\C(C)(C)C(=O)C(C)C.